The number of hydrogen-bond donors (Lipinski definition) is 1. The van der Waals surface area contributed by atoms with Gasteiger partial charge in [-0.25, -0.2) is 4.79 Å². The molecule has 1 heterocycles. The van der Waals surface area contributed by atoms with Gasteiger partial charge in [0.2, 0.25) is 5.91 Å². The molecule has 1 saturated carbocycles. The molecule has 0 aromatic heterocycles. The van der Waals surface area contributed by atoms with Crippen molar-refractivity contribution in [3.63, 3.8) is 0 Å². The number of hydrogen-bond acceptors (Lipinski definition) is 3. The van der Waals surface area contributed by atoms with Crippen LogP contribution >= 0.6 is 0 Å². The molecule has 120 valence electrons. The van der Waals surface area contributed by atoms with Crippen LogP contribution in [0.25, 0.3) is 0 Å². The minimum absolute atomic E-state index is 0.0423. The molecule has 5 nitrogen and oxygen atoms in total. The Hall–Kier alpha value is -1.10. The predicted molar refractivity (Wildman–Crippen MR) is 78.9 cm³/mol. The molecular formula is C16H27NO4. The largest absolute Gasteiger partial charge is 0.479 e. The van der Waals surface area contributed by atoms with Crippen LogP contribution < -0.4 is 0 Å². The molecule has 21 heavy (non-hydrogen) atoms. The third-order valence-corrected chi connectivity index (χ3v) is 4.84. The van der Waals surface area contributed by atoms with Gasteiger partial charge in [-0.2, -0.15) is 0 Å². The second-order valence-corrected chi connectivity index (χ2v) is 6.33. The Labute approximate surface area is 126 Å². The Morgan fingerprint density at radius 1 is 1.29 bits per heavy atom. The lowest BCUT2D eigenvalue weighted by Crippen LogP contribution is -2.50. The lowest BCUT2D eigenvalue weighted by molar-refractivity contribution is -0.160. The number of nitrogens with zero attached hydrogens (tertiary/aromatic N) is 1. The van der Waals surface area contributed by atoms with E-state index >= 15 is 0 Å². The Balaban J connectivity index is 1.90. The number of morpholine rings is 1. The fourth-order valence-electron chi connectivity index (χ4n) is 3.52. The van der Waals surface area contributed by atoms with Crippen LogP contribution in [-0.4, -0.2) is 47.7 Å². The van der Waals surface area contributed by atoms with Crippen LogP contribution in [-0.2, 0) is 14.3 Å². The highest BCUT2D eigenvalue weighted by Crippen LogP contribution is 2.31. The fourth-order valence-corrected chi connectivity index (χ4v) is 3.52. The van der Waals surface area contributed by atoms with Gasteiger partial charge in [-0.3, -0.25) is 4.79 Å². The first kappa shape index (κ1) is 16.3. The topological polar surface area (TPSA) is 66.8 Å². The number of carboxylic acids is 1. The summed E-state index contributed by atoms with van der Waals surface area (Å²) in [5, 5.41) is 9.03. The zero-order valence-electron chi connectivity index (χ0n) is 12.9. The summed E-state index contributed by atoms with van der Waals surface area (Å²) in [6, 6.07) is 0. The van der Waals surface area contributed by atoms with E-state index in [0.717, 1.165) is 12.8 Å². The molecule has 2 aliphatic rings. The molecule has 1 N–H and O–H groups in total. The van der Waals surface area contributed by atoms with Crippen LogP contribution in [0.2, 0.25) is 0 Å². The van der Waals surface area contributed by atoms with Crippen molar-refractivity contribution in [2.45, 2.75) is 58.0 Å². The van der Waals surface area contributed by atoms with Crippen molar-refractivity contribution in [1.82, 2.24) is 4.90 Å². The van der Waals surface area contributed by atoms with Crippen LogP contribution in [0.3, 0.4) is 0 Å². The zero-order chi connectivity index (χ0) is 15.2. The van der Waals surface area contributed by atoms with E-state index in [1.807, 2.05) is 0 Å². The molecule has 5 heteroatoms. The van der Waals surface area contributed by atoms with Gasteiger partial charge >= 0.3 is 5.97 Å². The van der Waals surface area contributed by atoms with Crippen molar-refractivity contribution in [2.24, 2.45) is 11.8 Å². The number of carboxylic acid groups (broad SMARTS) is 1. The van der Waals surface area contributed by atoms with Crippen molar-refractivity contribution in [3.05, 3.63) is 0 Å². The minimum atomic E-state index is -0.979. The highest BCUT2D eigenvalue weighted by atomic mass is 16.5. The summed E-state index contributed by atoms with van der Waals surface area (Å²) in [7, 11) is 0. The molecule has 1 aliphatic heterocycles. The lowest BCUT2D eigenvalue weighted by Gasteiger charge is -2.34. The summed E-state index contributed by atoms with van der Waals surface area (Å²) >= 11 is 0. The maximum absolute atomic E-state index is 12.6. The number of amides is 1. The molecule has 0 radical (unpaired) electrons. The molecule has 1 aliphatic carbocycles. The van der Waals surface area contributed by atoms with Gasteiger partial charge in [0.15, 0.2) is 6.10 Å². The predicted octanol–water partition coefficient (Wildman–Crippen LogP) is 2.29. The molecule has 2 unspecified atom stereocenters. The quantitative estimate of drug-likeness (QED) is 0.845. The van der Waals surface area contributed by atoms with E-state index in [1.54, 1.807) is 4.90 Å². The van der Waals surface area contributed by atoms with Gasteiger partial charge in [0.1, 0.15) is 0 Å². The first-order valence-corrected chi connectivity index (χ1v) is 8.25. The van der Waals surface area contributed by atoms with Crippen molar-refractivity contribution < 1.29 is 19.4 Å². The smallest absolute Gasteiger partial charge is 0.334 e. The molecule has 2 fully saturated rings. The standard InChI is InChI=1S/C16H27NO4/c1-2-13(10-12-6-4-3-5-7-12)15(18)17-8-9-21-14(11-17)16(19)20/h12-14H,2-11H2,1H3,(H,19,20). The minimum Gasteiger partial charge on any atom is -0.479 e. The Bertz CT molecular complexity index is 365. The van der Waals surface area contributed by atoms with E-state index < -0.39 is 12.1 Å². The summed E-state index contributed by atoms with van der Waals surface area (Å²) in [5.74, 6) is -0.143. The second kappa shape index (κ2) is 7.78. The summed E-state index contributed by atoms with van der Waals surface area (Å²) in [6.45, 7) is 3.09. The zero-order valence-corrected chi connectivity index (χ0v) is 12.9. The van der Waals surface area contributed by atoms with E-state index in [9.17, 15) is 9.59 Å². The molecule has 0 aromatic rings. The molecular weight excluding hydrogens is 270 g/mol. The van der Waals surface area contributed by atoms with Crippen LogP contribution in [0.15, 0.2) is 0 Å². The van der Waals surface area contributed by atoms with Crippen molar-refractivity contribution in [2.75, 3.05) is 19.7 Å². The van der Waals surface area contributed by atoms with E-state index in [1.165, 1.54) is 32.1 Å². The molecule has 1 amide bonds. The van der Waals surface area contributed by atoms with E-state index in [0.29, 0.717) is 19.1 Å². The number of aliphatic carboxylic acids is 1. The van der Waals surface area contributed by atoms with Gasteiger partial charge in [0, 0.05) is 12.5 Å². The van der Waals surface area contributed by atoms with Gasteiger partial charge in [0.05, 0.1) is 13.2 Å². The van der Waals surface area contributed by atoms with Gasteiger partial charge < -0.3 is 14.7 Å². The highest BCUT2D eigenvalue weighted by molar-refractivity contribution is 5.80. The second-order valence-electron chi connectivity index (χ2n) is 6.33. The van der Waals surface area contributed by atoms with E-state index in [-0.39, 0.29) is 18.4 Å². The van der Waals surface area contributed by atoms with Gasteiger partial charge in [-0.05, 0) is 18.8 Å². The molecule has 0 spiro atoms. The van der Waals surface area contributed by atoms with E-state index in [2.05, 4.69) is 6.92 Å². The third kappa shape index (κ3) is 4.43. The Morgan fingerprint density at radius 2 is 2.00 bits per heavy atom. The number of carbonyl (C=O) groups excluding carboxylic acids is 1. The SMILES string of the molecule is CCC(CC1CCCCC1)C(=O)N1CCOC(C(=O)O)C1. The molecule has 2 rings (SSSR count). The third-order valence-electron chi connectivity index (χ3n) is 4.84. The lowest BCUT2D eigenvalue weighted by atomic mass is 9.81. The van der Waals surface area contributed by atoms with Crippen LogP contribution in [0.5, 0.6) is 0 Å². The average Bonchev–Trinajstić information content (AvgIpc) is 2.53. The van der Waals surface area contributed by atoms with Crippen molar-refractivity contribution in [3.8, 4) is 0 Å². The monoisotopic (exact) mass is 297 g/mol. The fraction of sp³-hybridized carbons (Fsp3) is 0.875. The van der Waals surface area contributed by atoms with Crippen molar-refractivity contribution >= 4 is 11.9 Å². The van der Waals surface area contributed by atoms with Gasteiger partial charge in [-0.15, -0.1) is 0 Å². The van der Waals surface area contributed by atoms with Crippen LogP contribution in [0, 0.1) is 11.8 Å². The molecule has 2 atom stereocenters. The highest BCUT2D eigenvalue weighted by Gasteiger charge is 2.32. The first-order valence-electron chi connectivity index (χ1n) is 8.25. The maximum Gasteiger partial charge on any atom is 0.334 e. The normalized spacial score (nSPS) is 25.6. The molecule has 0 aromatic carbocycles. The van der Waals surface area contributed by atoms with Crippen LogP contribution in [0.1, 0.15) is 51.9 Å². The molecule has 0 bridgehead atoms. The number of ether oxygens (including phenoxy) is 1. The summed E-state index contributed by atoms with van der Waals surface area (Å²) in [4.78, 5) is 25.4. The number of rotatable bonds is 5. The molecule has 1 saturated heterocycles. The first-order chi connectivity index (χ1) is 10.1. The van der Waals surface area contributed by atoms with E-state index in [4.69, 9.17) is 9.84 Å². The Kier molecular flexibility index (Phi) is 6.03. The Morgan fingerprint density at radius 3 is 2.62 bits per heavy atom. The van der Waals surface area contributed by atoms with Gasteiger partial charge in [0.25, 0.3) is 0 Å². The average molecular weight is 297 g/mol. The summed E-state index contributed by atoms with van der Waals surface area (Å²) in [5.41, 5.74) is 0. The van der Waals surface area contributed by atoms with Crippen molar-refractivity contribution in [1.29, 1.82) is 0 Å². The number of carbonyl (C=O) groups is 2. The maximum atomic E-state index is 12.6. The summed E-state index contributed by atoms with van der Waals surface area (Å²) < 4.78 is 5.19. The summed E-state index contributed by atoms with van der Waals surface area (Å²) in [6.07, 6.45) is 7.31. The van der Waals surface area contributed by atoms with Gasteiger partial charge in [-0.1, -0.05) is 39.0 Å². The van der Waals surface area contributed by atoms with Crippen LogP contribution in [0.4, 0.5) is 0 Å².